The number of anilines is 1. The second-order valence-electron chi connectivity index (χ2n) is 7.19. The molecule has 0 saturated heterocycles. The van der Waals surface area contributed by atoms with E-state index in [1.54, 1.807) is 30.3 Å². The van der Waals surface area contributed by atoms with Crippen LogP contribution in [-0.2, 0) is 6.61 Å². The van der Waals surface area contributed by atoms with Crippen LogP contribution in [0.1, 0.15) is 34.0 Å². The molecule has 0 unspecified atom stereocenters. The standard InChI is InChI=1S/C25H24ClN3O5/c1-3-33-22-13-18(14-27-29-25(32)28-21-7-5-4-6-16(21)2)12-20(26)23(22)34-15-17-8-10-19(11-9-17)24(30)31/h4-14H,3,15H2,1-2H3,(H,30,31)(H2,28,29,32). The van der Waals surface area contributed by atoms with Crippen LogP contribution in [0.3, 0.4) is 0 Å². The molecule has 0 spiro atoms. The number of carbonyl (C=O) groups excluding carboxylic acids is 1. The van der Waals surface area contributed by atoms with Crippen molar-refractivity contribution in [3.63, 3.8) is 0 Å². The highest BCUT2D eigenvalue weighted by molar-refractivity contribution is 6.32. The van der Waals surface area contributed by atoms with Gasteiger partial charge in [-0.1, -0.05) is 41.9 Å². The van der Waals surface area contributed by atoms with Gasteiger partial charge in [0.05, 0.1) is 23.4 Å². The monoisotopic (exact) mass is 481 g/mol. The van der Waals surface area contributed by atoms with Gasteiger partial charge in [-0.15, -0.1) is 0 Å². The third kappa shape index (κ3) is 6.73. The first-order valence-corrected chi connectivity index (χ1v) is 10.8. The van der Waals surface area contributed by atoms with Crippen molar-refractivity contribution < 1.29 is 24.2 Å². The molecule has 3 N–H and O–H groups in total. The summed E-state index contributed by atoms with van der Waals surface area (Å²) in [7, 11) is 0. The second-order valence-corrected chi connectivity index (χ2v) is 7.60. The number of aryl methyl sites for hydroxylation is 1. The van der Waals surface area contributed by atoms with E-state index in [2.05, 4.69) is 15.8 Å². The average Bonchev–Trinajstić information content (AvgIpc) is 2.80. The number of hydrogen-bond donors (Lipinski definition) is 3. The number of carbonyl (C=O) groups is 2. The lowest BCUT2D eigenvalue weighted by molar-refractivity contribution is 0.0696. The summed E-state index contributed by atoms with van der Waals surface area (Å²) in [5.41, 5.74) is 5.61. The second kappa shape index (κ2) is 11.7. The molecule has 0 atom stereocenters. The van der Waals surface area contributed by atoms with Crippen molar-refractivity contribution in [1.82, 2.24) is 5.43 Å². The number of hydrogen-bond acceptors (Lipinski definition) is 5. The van der Waals surface area contributed by atoms with E-state index in [1.165, 1.54) is 18.3 Å². The maximum Gasteiger partial charge on any atom is 0.339 e. The first-order chi connectivity index (χ1) is 16.4. The molecule has 3 rings (SSSR count). The number of nitrogens with one attached hydrogen (secondary N) is 2. The fourth-order valence-corrected chi connectivity index (χ4v) is 3.27. The Labute approximate surface area is 202 Å². The number of aromatic carboxylic acids is 1. The Morgan fingerprint density at radius 1 is 1.09 bits per heavy atom. The third-order valence-corrected chi connectivity index (χ3v) is 4.97. The van der Waals surface area contributed by atoms with Crippen LogP contribution in [-0.4, -0.2) is 29.9 Å². The van der Waals surface area contributed by atoms with Crippen LogP contribution in [0.15, 0.2) is 65.8 Å². The summed E-state index contributed by atoms with van der Waals surface area (Å²) in [6, 6.07) is 16.6. The summed E-state index contributed by atoms with van der Waals surface area (Å²) in [5, 5.41) is 16.0. The molecule has 0 radical (unpaired) electrons. The molecule has 0 aliphatic rings. The van der Waals surface area contributed by atoms with E-state index in [9.17, 15) is 9.59 Å². The number of halogens is 1. The number of amides is 2. The average molecular weight is 482 g/mol. The number of carboxylic acids is 1. The first-order valence-electron chi connectivity index (χ1n) is 10.4. The lowest BCUT2D eigenvalue weighted by Crippen LogP contribution is -2.24. The maximum absolute atomic E-state index is 12.1. The Morgan fingerprint density at radius 2 is 1.82 bits per heavy atom. The van der Waals surface area contributed by atoms with Crippen molar-refractivity contribution in [3.8, 4) is 11.5 Å². The van der Waals surface area contributed by atoms with Crippen LogP contribution in [0.4, 0.5) is 10.5 Å². The number of ether oxygens (including phenoxy) is 2. The first kappa shape index (κ1) is 24.6. The van der Waals surface area contributed by atoms with Gasteiger partial charge < -0.3 is 19.9 Å². The fourth-order valence-electron chi connectivity index (χ4n) is 2.99. The zero-order chi connectivity index (χ0) is 24.5. The van der Waals surface area contributed by atoms with Crippen molar-refractivity contribution in [2.45, 2.75) is 20.5 Å². The van der Waals surface area contributed by atoms with Crippen LogP contribution in [0, 0.1) is 6.92 Å². The van der Waals surface area contributed by atoms with Gasteiger partial charge in [0.25, 0.3) is 0 Å². The normalized spacial score (nSPS) is 10.7. The molecule has 9 heteroatoms. The largest absolute Gasteiger partial charge is 0.490 e. The number of nitrogens with zero attached hydrogens (tertiary/aromatic N) is 1. The predicted molar refractivity (Wildman–Crippen MR) is 131 cm³/mol. The van der Waals surface area contributed by atoms with E-state index >= 15 is 0 Å². The molecule has 176 valence electrons. The lowest BCUT2D eigenvalue weighted by Gasteiger charge is -2.14. The summed E-state index contributed by atoms with van der Waals surface area (Å²) in [6.07, 6.45) is 1.44. The van der Waals surface area contributed by atoms with Crippen molar-refractivity contribution >= 4 is 35.5 Å². The molecule has 3 aromatic rings. The molecular formula is C25H24ClN3O5. The van der Waals surface area contributed by atoms with Crippen molar-refractivity contribution in [1.29, 1.82) is 0 Å². The molecule has 2 amide bonds. The Morgan fingerprint density at radius 3 is 2.50 bits per heavy atom. The van der Waals surface area contributed by atoms with Crippen molar-refractivity contribution in [2.24, 2.45) is 5.10 Å². The molecule has 0 bridgehead atoms. The van der Waals surface area contributed by atoms with Crippen LogP contribution in [0.2, 0.25) is 5.02 Å². The molecular weight excluding hydrogens is 458 g/mol. The summed E-state index contributed by atoms with van der Waals surface area (Å²) in [4.78, 5) is 23.1. The number of carboxylic acid groups (broad SMARTS) is 1. The number of rotatable bonds is 9. The van der Waals surface area contributed by atoms with Crippen molar-refractivity contribution in [3.05, 3.63) is 87.9 Å². The zero-order valence-electron chi connectivity index (χ0n) is 18.7. The Kier molecular flexibility index (Phi) is 8.48. The van der Waals surface area contributed by atoms with Gasteiger partial charge in [0, 0.05) is 5.69 Å². The van der Waals surface area contributed by atoms with E-state index in [-0.39, 0.29) is 12.2 Å². The topological polar surface area (TPSA) is 109 Å². The smallest absolute Gasteiger partial charge is 0.339 e. The van der Waals surface area contributed by atoms with E-state index < -0.39 is 12.0 Å². The SMILES string of the molecule is CCOc1cc(C=NNC(=O)Nc2ccccc2C)cc(Cl)c1OCc1ccc(C(=O)O)cc1. The van der Waals surface area contributed by atoms with E-state index in [1.807, 2.05) is 32.0 Å². The molecule has 0 saturated carbocycles. The molecule has 34 heavy (non-hydrogen) atoms. The minimum Gasteiger partial charge on any atom is -0.490 e. The van der Waals surface area contributed by atoms with E-state index in [4.69, 9.17) is 26.2 Å². The van der Waals surface area contributed by atoms with Crippen LogP contribution < -0.4 is 20.2 Å². The van der Waals surface area contributed by atoms with Gasteiger partial charge in [0.2, 0.25) is 0 Å². The highest BCUT2D eigenvalue weighted by atomic mass is 35.5. The van der Waals surface area contributed by atoms with Crippen LogP contribution in [0.25, 0.3) is 0 Å². The van der Waals surface area contributed by atoms with Gasteiger partial charge in [-0.3, -0.25) is 0 Å². The highest BCUT2D eigenvalue weighted by Crippen LogP contribution is 2.37. The Hall–Kier alpha value is -4.04. The van der Waals surface area contributed by atoms with E-state index in [0.29, 0.717) is 34.4 Å². The minimum absolute atomic E-state index is 0.174. The molecule has 0 heterocycles. The van der Waals surface area contributed by atoms with Gasteiger partial charge in [-0.2, -0.15) is 5.10 Å². The molecule has 8 nitrogen and oxygen atoms in total. The summed E-state index contributed by atoms with van der Waals surface area (Å²) in [6.45, 7) is 4.29. The predicted octanol–water partition coefficient (Wildman–Crippen LogP) is 5.48. The molecule has 0 fully saturated rings. The van der Waals surface area contributed by atoms with Gasteiger partial charge in [0.1, 0.15) is 6.61 Å². The maximum atomic E-state index is 12.1. The number of para-hydroxylation sites is 1. The number of benzene rings is 3. The zero-order valence-corrected chi connectivity index (χ0v) is 19.4. The van der Waals surface area contributed by atoms with Gasteiger partial charge >= 0.3 is 12.0 Å². The van der Waals surface area contributed by atoms with Gasteiger partial charge in [-0.25, -0.2) is 15.0 Å². The Balaban J connectivity index is 1.66. The van der Waals surface area contributed by atoms with Crippen LogP contribution >= 0.6 is 11.6 Å². The summed E-state index contributed by atoms with van der Waals surface area (Å²) in [5.74, 6) is -0.218. The molecule has 0 aliphatic heterocycles. The number of urea groups is 1. The Bertz CT molecular complexity index is 1200. The quantitative estimate of drug-likeness (QED) is 0.277. The minimum atomic E-state index is -0.992. The van der Waals surface area contributed by atoms with Crippen molar-refractivity contribution in [2.75, 3.05) is 11.9 Å². The third-order valence-electron chi connectivity index (χ3n) is 4.69. The van der Waals surface area contributed by atoms with Gasteiger partial charge in [0.15, 0.2) is 11.5 Å². The molecule has 3 aromatic carbocycles. The van der Waals surface area contributed by atoms with Crippen LogP contribution in [0.5, 0.6) is 11.5 Å². The fraction of sp³-hybridized carbons (Fsp3) is 0.160. The number of hydrazone groups is 1. The molecule has 0 aliphatic carbocycles. The summed E-state index contributed by atoms with van der Waals surface area (Å²) >= 11 is 6.43. The van der Waals surface area contributed by atoms with E-state index in [0.717, 1.165) is 11.1 Å². The van der Waals surface area contributed by atoms with Gasteiger partial charge in [-0.05, 0) is 60.9 Å². The molecule has 0 aromatic heterocycles. The lowest BCUT2D eigenvalue weighted by atomic mass is 10.1. The highest BCUT2D eigenvalue weighted by Gasteiger charge is 2.13. The summed E-state index contributed by atoms with van der Waals surface area (Å²) < 4.78 is 11.5.